The molecular formula is C24H22ClN7O3S. The van der Waals surface area contributed by atoms with Crippen LogP contribution < -0.4 is 19.5 Å². The van der Waals surface area contributed by atoms with Crippen LogP contribution in [0.5, 0.6) is 23.3 Å². The van der Waals surface area contributed by atoms with Crippen LogP contribution in [0.4, 0.5) is 10.9 Å². The summed E-state index contributed by atoms with van der Waals surface area (Å²) in [7, 11) is 5.54. The average Bonchev–Trinajstić information content (AvgIpc) is 3.27. The Hall–Kier alpha value is -3.80. The maximum atomic E-state index is 6.40. The molecule has 0 unspecified atom stereocenters. The van der Waals surface area contributed by atoms with Gasteiger partial charge in [-0.15, -0.1) is 0 Å². The molecule has 10 nitrogen and oxygen atoms in total. The Morgan fingerprint density at radius 2 is 1.86 bits per heavy atom. The normalized spacial score (nSPS) is 11.2. The van der Waals surface area contributed by atoms with Crippen molar-refractivity contribution in [3.63, 3.8) is 0 Å². The summed E-state index contributed by atoms with van der Waals surface area (Å²) in [5.74, 6) is 2.50. The zero-order chi connectivity index (χ0) is 25.1. The van der Waals surface area contributed by atoms with E-state index in [1.165, 1.54) is 17.7 Å². The Morgan fingerprint density at radius 3 is 2.67 bits per heavy atom. The second-order valence-electron chi connectivity index (χ2n) is 7.93. The molecule has 0 atom stereocenters. The Labute approximate surface area is 215 Å². The number of methoxy groups -OCH3 is 1. The monoisotopic (exact) mass is 523 g/mol. The van der Waals surface area contributed by atoms with E-state index in [0.29, 0.717) is 40.0 Å². The third-order valence-corrected chi connectivity index (χ3v) is 6.23. The van der Waals surface area contributed by atoms with Gasteiger partial charge in [0.15, 0.2) is 5.13 Å². The van der Waals surface area contributed by atoms with E-state index in [9.17, 15) is 0 Å². The fraction of sp³-hybridized carbons (Fsp3) is 0.208. The molecule has 0 spiro atoms. The van der Waals surface area contributed by atoms with Crippen LogP contribution in [-0.4, -0.2) is 64.2 Å². The number of nitrogens with one attached hydrogen (secondary N) is 1. The molecule has 0 aliphatic rings. The van der Waals surface area contributed by atoms with Gasteiger partial charge in [-0.1, -0.05) is 22.9 Å². The van der Waals surface area contributed by atoms with Gasteiger partial charge in [-0.05, 0) is 38.4 Å². The van der Waals surface area contributed by atoms with E-state index in [0.717, 1.165) is 27.8 Å². The molecule has 12 heteroatoms. The van der Waals surface area contributed by atoms with Crippen molar-refractivity contribution >= 4 is 55.1 Å². The van der Waals surface area contributed by atoms with Gasteiger partial charge in [-0.2, -0.15) is 0 Å². The summed E-state index contributed by atoms with van der Waals surface area (Å²) in [6, 6.07) is 10.8. The van der Waals surface area contributed by atoms with Crippen LogP contribution in [0.2, 0.25) is 5.02 Å². The van der Waals surface area contributed by atoms with Gasteiger partial charge in [0.2, 0.25) is 11.8 Å². The highest BCUT2D eigenvalue weighted by molar-refractivity contribution is 7.21. The van der Waals surface area contributed by atoms with Crippen molar-refractivity contribution in [3.8, 4) is 23.3 Å². The SMILES string of the molecule is COc1ccc2nc(Nc3ncnc4ccc(Oc5ncc(OCCN(C)C)cc5Cl)cc34)sc2n1. The maximum absolute atomic E-state index is 6.40. The van der Waals surface area contributed by atoms with Gasteiger partial charge in [0.05, 0.1) is 18.8 Å². The molecule has 184 valence electrons. The van der Waals surface area contributed by atoms with E-state index in [1.807, 2.05) is 37.2 Å². The van der Waals surface area contributed by atoms with Crippen molar-refractivity contribution in [2.45, 2.75) is 0 Å². The van der Waals surface area contributed by atoms with Crippen molar-refractivity contribution in [2.75, 3.05) is 39.7 Å². The van der Waals surface area contributed by atoms with E-state index < -0.39 is 0 Å². The first-order chi connectivity index (χ1) is 17.5. The van der Waals surface area contributed by atoms with Gasteiger partial charge in [0, 0.05) is 24.1 Å². The minimum atomic E-state index is 0.272. The molecule has 0 saturated carbocycles. The standard InChI is InChI=1S/C24H22ClN7O3S/c1-32(2)8-9-34-15-11-17(25)22(26-12-15)35-14-4-5-18-16(10-14)21(28-13-27-18)31-24-29-19-6-7-20(33-3)30-23(19)36-24/h4-7,10-13H,8-9H2,1-3H3,(H,27,28,29,31). The van der Waals surface area contributed by atoms with E-state index >= 15 is 0 Å². The molecule has 0 aliphatic carbocycles. The summed E-state index contributed by atoms with van der Waals surface area (Å²) in [6.45, 7) is 1.32. The van der Waals surface area contributed by atoms with Gasteiger partial charge in [0.1, 0.15) is 45.6 Å². The highest BCUT2D eigenvalue weighted by atomic mass is 35.5. The number of rotatable bonds is 9. The number of likely N-dealkylation sites (N-methyl/N-ethyl adjacent to an activating group) is 1. The molecule has 0 amide bonds. The number of aromatic nitrogens is 5. The van der Waals surface area contributed by atoms with Crippen LogP contribution >= 0.6 is 22.9 Å². The molecular weight excluding hydrogens is 502 g/mol. The van der Waals surface area contributed by atoms with E-state index in [4.69, 9.17) is 25.8 Å². The summed E-state index contributed by atoms with van der Waals surface area (Å²) in [4.78, 5) is 24.9. The van der Waals surface area contributed by atoms with Crippen LogP contribution in [-0.2, 0) is 0 Å². The van der Waals surface area contributed by atoms with E-state index in [1.54, 1.807) is 31.5 Å². The minimum Gasteiger partial charge on any atom is -0.491 e. The number of anilines is 2. The van der Waals surface area contributed by atoms with Crippen LogP contribution in [0.15, 0.2) is 48.9 Å². The fourth-order valence-electron chi connectivity index (χ4n) is 3.29. The van der Waals surface area contributed by atoms with Gasteiger partial charge in [-0.25, -0.2) is 24.9 Å². The smallest absolute Gasteiger partial charge is 0.238 e. The molecule has 0 bridgehead atoms. The summed E-state index contributed by atoms with van der Waals surface area (Å²) in [5, 5.41) is 5.01. The first-order valence-corrected chi connectivity index (χ1v) is 12.1. The molecule has 1 N–H and O–H groups in total. The first-order valence-electron chi connectivity index (χ1n) is 10.9. The van der Waals surface area contributed by atoms with Crippen LogP contribution in [0.25, 0.3) is 21.3 Å². The fourth-order valence-corrected chi connectivity index (χ4v) is 4.31. The summed E-state index contributed by atoms with van der Waals surface area (Å²) in [6.07, 6.45) is 3.08. The number of fused-ring (bicyclic) bond motifs is 2. The lowest BCUT2D eigenvalue weighted by molar-refractivity contribution is 0.260. The maximum Gasteiger partial charge on any atom is 0.238 e. The lowest BCUT2D eigenvalue weighted by atomic mass is 10.2. The number of pyridine rings is 2. The van der Waals surface area contributed by atoms with E-state index in [2.05, 4.69) is 30.2 Å². The molecule has 0 aliphatic heterocycles. The minimum absolute atomic E-state index is 0.272. The lowest BCUT2D eigenvalue weighted by Crippen LogP contribution is -2.19. The molecule has 5 aromatic rings. The Kier molecular flexibility index (Phi) is 6.94. The number of ether oxygens (including phenoxy) is 3. The second kappa shape index (κ2) is 10.4. The molecule has 4 heterocycles. The lowest BCUT2D eigenvalue weighted by Gasteiger charge is -2.12. The number of nitrogens with zero attached hydrogens (tertiary/aromatic N) is 6. The Morgan fingerprint density at radius 1 is 1.00 bits per heavy atom. The average molecular weight is 524 g/mol. The summed E-state index contributed by atoms with van der Waals surface area (Å²) < 4.78 is 16.8. The van der Waals surface area contributed by atoms with Crippen molar-refractivity contribution in [1.82, 2.24) is 29.8 Å². The quantitative estimate of drug-likeness (QED) is 0.278. The van der Waals surface area contributed by atoms with Crippen LogP contribution in [0.3, 0.4) is 0 Å². The van der Waals surface area contributed by atoms with Crippen molar-refractivity contribution in [3.05, 3.63) is 53.9 Å². The third kappa shape index (κ3) is 5.38. The highest BCUT2D eigenvalue weighted by Gasteiger charge is 2.13. The van der Waals surface area contributed by atoms with Gasteiger partial charge >= 0.3 is 0 Å². The number of halogens is 1. The van der Waals surface area contributed by atoms with Gasteiger partial charge in [0.25, 0.3) is 0 Å². The Bertz CT molecular complexity index is 1530. The Balaban J connectivity index is 1.37. The zero-order valence-electron chi connectivity index (χ0n) is 19.7. The molecule has 0 fully saturated rings. The number of benzene rings is 1. The molecule has 0 saturated heterocycles. The van der Waals surface area contributed by atoms with Crippen molar-refractivity contribution in [1.29, 1.82) is 0 Å². The van der Waals surface area contributed by atoms with Gasteiger partial charge in [-0.3, -0.25) is 0 Å². The largest absolute Gasteiger partial charge is 0.491 e. The predicted octanol–water partition coefficient (Wildman–Crippen LogP) is 5.17. The molecule has 1 aromatic carbocycles. The number of thiazole rings is 1. The number of hydrogen-bond donors (Lipinski definition) is 1. The second-order valence-corrected chi connectivity index (χ2v) is 9.32. The van der Waals surface area contributed by atoms with E-state index in [-0.39, 0.29) is 5.88 Å². The third-order valence-electron chi connectivity index (χ3n) is 5.08. The molecule has 36 heavy (non-hydrogen) atoms. The van der Waals surface area contributed by atoms with Crippen molar-refractivity contribution in [2.24, 2.45) is 0 Å². The van der Waals surface area contributed by atoms with Crippen molar-refractivity contribution < 1.29 is 14.2 Å². The first kappa shape index (κ1) is 23.9. The predicted molar refractivity (Wildman–Crippen MR) is 140 cm³/mol. The molecule has 0 radical (unpaired) electrons. The number of hydrogen-bond acceptors (Lipinski definition) is 11. The van der Waals surface area contributed by atoms with Crippen LogP contribution in [0, 0.1) is 0 Å². The summed E-state index contributed by atoms with van der Waals surface area (Å²) in [5.41, 5.74) is 1.50. The van der Waals surface area contributed by atoms with Crippen LogP contribution in [0.1, 0.15) is 0 Å². The zero-order valence-corrected chi connectivity index (χ0v) is 21.3. The highest BCUT2D eigenvalue weighted by Crippen LogP contribution is 2.34. The molecule has 5 rings (SSSR count). The summed E-state index contributed by atoms with van der Waals surface area (Å²) >= 11 is 7.80. The molecule has 4 aromatic heterocycles. The topological polar surface area (TPSA) is 107 Å². The van der Waals surface area contributed by atoms with Gasteiger partial charge < -0.3 is 24.4 Å².